The predicted octanol–water partition coefficient (Wildman–Crippen LogP) is 2.37. The van der Waals surface area contributed by atoms with Crippen molar-refractivity contribution in [3.05, 3.63) is 23.9 Å². The number of carbonyl (C=O) groups is 3. The third-order valence-corrected chi connectivity index (χ3v) is 5.07. The zero-order valence-electron chi connectivity index (χ0n) is 15.0. The molecule has 8 nitrogen and oxygen atoms in total. The van der Waals surface area contributed by atoms with Gasteiger partial charge in [0.2, 0.25) is 0 Å². The van der Waals surface area contributed by atoms with Gasteiger partial charge in [0, 0.05) is 38.3 Å². The standard InChI is InChI=1S/C13H19N3O3S2.C2HF3O2/c1-16(2)11-4-3-10(9-15-11)13(19)14-6-8-21-20-7-5-12(17)18;3-2(4,5)1(6)7/h3-4,9H,5-8H2,1-2H3,(H,14,19)(H,17,18);(H,6,7). The molecule has 158 valence electrons. The first-order valence-corrected chi connectivity index (χ1v) is 10.1. The van der Waals surface area contributed by atoms with E-state index in [1.54, 1.807) is 29.1 Å². The van der Waals surface area contributed by atoms with E-state index in [1.807, 2.05) is 19.0 Å². The van der Waals surface area contributed by atoms with Gasteiger partial charge in [-0.15, -0.1) is 0 Å². The van der Waals surface area contributed by atoms with Crippen LogP contribution in [0.15, 0.2) is 18.3 Å². The lowest BCUT2D eigenvalue weighted by Gasteiger charge is -2.11. The number of aliphatic carboxylic acids is 2. The topological polar surface area (TPSA) is 120 Å². The van der Waals surface area contributed by atoms with E-state index in [9.17, 15) is 22.8 Å². The lowest BCUT2D eigenvalue weighted by molar-refractivity contribution is -0.192. The van der Waals surface area contributed by atoms with Gasteiger partial charge in [-0.2, -0.15) is 13.2 Å². The second-order valence-corrected chi connectivity index (χ2v) is 7.85. The van der Waals surface area contributed by atoms with E-state index in [-0.39, 0.29) is 12.3 Å². The van der Waals surface area contributed by atoms with E-state index in [1.165, 1.54) is 10.8 Å². The Bertz CT molecular complexity index is 643. The van der Waals surface area contributed by atoms with Gasteiger partial charge in [-0.25, -0.2) is 9.78 Å². The van der Waals surface area contributed by atoms with Crippen molar-refractivity contribution in [2.75, 3.05) is 37.0 Å². The molecule has 0 fully saturated rings. The molecule has 1 aromatic heterocycles. The monoisotopic (exact) mass is 443 g/mol. The van der Waals surface area contributed by atoms with Crippen molar-refractivity contribution in [2.24, 2.45) is 0 Å². The maximum absolute atomic E-state index is 11.8. The van der Waals surface area contributed by atoms with Gasteiger partial charge < -0.3 is 20.4 Å². The molecule has 0 unspecified atom stereocenters. The molecule has 0 radical (unpaired) electrons. The van der Waals surface area contributed by atoms with Gasteiger partial charge in [0.05, 0.1) is 12.0 Å². The minimum absolute atomic E-state index is 0.149. The third kappa shape index (κ3) is 12.3. The zero-order valence-corrected chi connectivity index (χ0v) is 16.7. The fourth-order valence-corrected chi connectivity index (χ4v) is 3.23. The number of carboxylic acids is 2. The SMILES string of the molecule is CN(C)c1ccc(C(=O)NCCSSCCC(=O)O)cn1.O=C(O)C(F)(F)F. The Balaban J connectivity index is 0.000000887. The van der Waals surface area contributed by atoms with Gasteiger partial charge in [0.15, 0.2) is 0 Å². The summed E-state index contributed by atoms with van der Waals surface area (Å²) in [5.74, 6) is -1.58. The van der Waals surface area contributed by atoms with Gasteiger partial charge in [0.25, 0.3) is 5.91 Å². The van der Waals surface area contributed by atoms with E-state index in [0.717, 1.165) is 11.6 Å². The molecular formula is C15H20F3N3O5S2. The van der Waals surface area contributed by atoms with Crippen LogP contribution >= 0.6 is 21.6 Å². The van der Waals surface area contributed by atoms with Crippen molar-refractivity contribution in [2.45, 2.75) is 12.6 Å². The van der Waals surface area contributed by atoms with Crippen molar-refractivity contribution in [1.82, 2.24) is 10.3 Å². The van der Waals surface area contributed by atoms with Gasteiger partial charge in [-0.3, -0.25) is 9.59 Å². The quantitative estimate of drug-likeness (QED) is 0.390. The Morgan fingerprint density at radius 1 is 1.14 bits per heavy atom. The highest BCUT2D eigenvalue weighted by atomic mass is 33.1. The van der Waals surface area contributed by atoms with Crippen LogP contribution in [-0.2, 0) is 9.59 Å². The molecule has 1 rings (SSSR count). The van der Waals surface area contributed by atoms with E-state index in [0.29, 0.717) is 17.9 Å². The fourth-order valence-electron chi connectivity index (χ4n) is 1.34. The predicted molar refractivity (Wildman–Crippen MR) is 102 cm³/mol. The van der Waals surface area contributed by atoms with Crippen LogP contribution in [0.1, 0.15) is 16.8 Å². The highest BCUT2D eigenvalue weighted by Crippen LogP contribution is 2.21. The van der Waals surface area contributed by atoms with Gasteiger partial charge in [-0.05, 0) is 12.1 Å². The summed E-state index contributed by atoms with van der Waals surface area (Å²) >= 11 is 0. The third-order valence-electron chi connectivity index (χ3n) is 2.66. The van der Waals surface area contributed by atoms with E-state index < -0.39 is 18.1 Å². The van der Waals surface area contributed by atoms with Crippen molar-refractivity contribution < 1.29 is 37.8 Å². The molecule has 0 bridgehead atoms. The highest BCUT2D eigenvalue weighted by Gasteiger charge is 2.38. The molecule has 0 atom stereocenters. The maximum Gasteiger partial charge on any atom is 0.490 e. The number of hydrogen-bond acceptors (Lipinski definition) is 7. The number of pyridine rings is 1. The van der Waals surface area contributed by atoms with Crippen LogP contribution < -0.4 is 10.2 Å². The number of rotatable bonds is 9. The summed E-state index contributed by atoms with van der Waals surface area (Å²) in [7, 11) is 6.84. The van der Waals surface area contributed by atoms with E-state index in [2.05, 4.69) is 10.3 Å². The summed E-state index contributed by atoms with van der Waals surface area (Å²) in [6.07, 6.45) is -3.37. The van der Waals surface area contributed by atoms with Crippen LogP contribution in [0.4, 0.5) is 19.0 Å². The fraction of sp³-hybridized carbons (Fsp3) is 0.467. The van der Waals surface area contributed by atoms with Crippen LogP contribution in [0.5, 0.6) is 0 Å². The lowest BCUT2D eigenvalue weighted by atomic mass is 10.2. The minimum atomic E-state index is -5.08. The molecular weight excluding hydrogens is 423 g/mol. The Morgan fingerprint density at radius 2 is 1.71 bits per heavy atom. The Kier molecular flexibility index (Phi) is 12.1. The first-order chi connectivity index (χ1) is 12.9. The summed E-state index contributed by atoms with van der Waals surface area (Å²) in [5.41, 5.74) is 0.532. The van der Waals surface area contributed by atoms with Crippen molar-refractivity contribution in [3.63, 3.8) is 0 Å². The molecule has 0 aromatic carbocycles. The van der Waals surface area contributed by atoms with Crippen LogP contribution in [0.2, 0.25) is 0 Å². The van der Waals surface area contributed by atoms with Crippen LogP contribution in [0, 0.1) is 0 Å². The lowest BCUT2D eigenvalue weighted by Crippen LogP contribution is -2.25. The molecule has 28 heavy (non-hydrogen) atoms. The van der Waals surface area contributed by atoms with Crippen LogP contribution in [0.3, 0.4) is 0 Å². The molecule has 1 heterocycles. The smallest absolute Gasteiger partial charge is 0.481 e. The summed E-state index contributed by atoms with van der Waals surface area (Å²) in [6.45, 7) is 0.541. The number of alkyl halides is 3. The van der Waals surface area contributed by atoms with Crippen LogP contribution in [-0.4, -0.2) is 71.4 Å². The number of hydrogen-bond donors (Lipinski definition) is 3. The van der Waals surface area contributed by atoms with Crippen molar-refractivity contribution in [1.29, 1.82) is 0 Å². The Hall–Kier alpha value is -2.15. The summed E-state index contributed by atoms with van der Waals surface area (Å²) < 4.78 is 31.7. The van der Waals surface area contributed by atoms with Crippen molar-refractivity contribution in [3.8, 4) is 0 Å². The number of nitrogens with zero attached hydrogens (tertiary/aromatic N) is 2. The van der Waals surface area contributed by atoms with E-state index >= 15 is 0 Å². The zero-order chi connectivity index (χ0) is 21.7. The number of halogens is 3. The van der Waals surface area contributed by atoms with Gasteiger partial charge in [0.1, 0.15) is 5.82 Å². The summed E-state index contributed by atoms with van der Waals surface area (Å²) in [5, 5.41) is 18.4. The molecule has 0 aliphatic heterocycles. The average molecular weight is 443 g/mol. The number of carbonyl (C=O) groups excluding carboxylic acids is 1. The molecule has 1 aromatic rings. The molecule has 0 aliphatic rings. The molecule has 0 spiro atoms. The number of nitrogens with one attached hydrogen (secondary N) is 1. The largest absolute Gasteiger partial charge is 0.490 e. The second-order valence-electron chi connectivity index (χ2n) is 5.15. The Morgan fingerprint density at radius 3 is 2.14 bits per heavy atom. The molecule has 13 heteroatoms. The molecule has 3 N–H and O–H groups in total. The summed E-state index contributed by atoms with van der Waals surface area (Å²) in [4.78, 5) is 37.1. The number of carboxylic acid groups (broad SMARTS) is 2. The number of anilines is 1. The van der Waals surface area contributed by atoms with Gasteiger partial charge >= 0.3 is 18.1 Å². The summed E-state index contributed by atoms with van der Waals surface area (Å²) in [6, 6.07) is 3.54. The van der Waals surface area contributed by atoms with E-state index in [4.69, 9.17) is 15.0 Å². The number of amides is 1. The van der Waals surface area contributed by atoms with Crippen molar-refractivity contribution >= 4 is 45.3 Å². The van der Waals surface area contributed by atoms with Gasteiger partial charge in [-0.1, -0.05) is 21.6 Å². The minimum Gasteiger partial charge on any atom is -0.481 e. The first-order valence-electron chi connectivity index (χ1n) is 7.63. The average Bonchev–Trinajstić information content (AvgIpc) is 2.60. The Labute approximate surface area is 167 Å². The van der Waals surface area contributed by atoms with Crippen LogP contribution in [0.25, 0.3) is 0 Å². The normalized spacial score (nSPS) is 10.5. The molecule has 0 saturated carbocycles. The maximum atomic E-state index is 11.8. The number of aromatic nitrogens is 1. The molecule has 0 saturated heterocycles. The molecule has 1 amide bonds. The first kappa shape index (κ1) is 25.9. The highest BCUT2D eigenvalue weighted by molar-refractivity contribution is 8.76. The second kappa shape index (κ2) is 13.1. The molecule has 0 aliphatic carbocycles.